The van der Waals surface area contributed by atoms with Gasteiger partial charge < -0.3 is 9.30 Å². The molecule has 2 aromatic rings. The Morgan fingerprint density at radius 1 is 1.26 bits per heavy atom. The second kappa shape index (κ2) is 5.73. The van der Waals surface area contributed by atoms with Gasteiger partial charge in [0.25, 0.3) is 0 Å². The first-order valence-electron chi connectivity index (χ1n) is 7.41. The summed E-state index contributed by atoms with van der Waals surface area (Å²) in [4.78, 5) is 4.69. The Hall–Kier alpha value is -1.71. The van der Waals surface area contributed by atoms with E-state index in [1.54, 1.807) is 20.2 Å². The van der Waals surface area contributed by atoms with Crippen molar-refractivity contribution in [1.82, 2.24) is 23.6 Å². The molecule has 126 valence electrons. The molecule has 0 aromatic carbocycles. The predicted molar refractivity (Wildman–Crippen MR) is 83.3 cm³/mol. The molecule has 2 aromatic heterocycles. The number of ether oxygens (including phenoxy) is 1. The van der Waals surface area contributed by atoms with E-state index in [1.165, 1.54) is 8.99 Å². The molecule has 0 amide bonds. The number of hydrogen-bond acceptors (Lipinski definition) is 5. The van der Waals surface area contributed by atoms with Crippen LogP contribution in [0.25, 0.3) is 0 Å². The lowest BCUT2D eigenvalue weighted by atomic mass is 10.3. The maximum atomic E-state index is 12.9. The molecule has 3 rings (SSSR count). The van der Waals surface area contributed by atoms with Crippen LogP contribution in [0.4, 0.5) is 0 Å². The zero-order valence-electron chi connectivity index (χ0n) is 13.7. The van der Waals surface area contributed by atoms with Crippen molar-refractivity contribution in [3.63, 3.8) is 0 Å². The van der Waals surface area contributed by atoms with Gasteiger partial charge in [0.1, 0.15) is 16.8 Å². The second-order valence-corrected chi connectivity index (χ2v) is 7.73. The van der Waals surface area contributed by atoms with E-state index in [0.717, 1.165) is 11.5 Å². The van der Waals surface area contributed by atoms with E-state index in [9.17, 15) is 8.42 Å². The van der Waals surface area contributed by atoms with E-state index in [0.29, 0.717) is 18.8 Å². The van der Waals surface area contributed by atoms with E-state index in [2.05, 4.69) is 10.1 Å². The quantitative estimate of drug-likeness (QED) is 0.815. The van der Waals surface area contributed by atoms with Crippen LogP contribution in [0, 0.1) is 13.8 Å². The van der Waals surface area contributed by atoms with Crippen molar-refractivity contribution in [1.29, 1.82) is 0 Å². The van der Waals surface area contributed by atoms with Crippen LogP contribution in [-0.4, -0.2) is 51.8 Å². The molecule has 0 N–H and O–H groups in total. The minimum atomic E-state index is -3.59. The molecule has 1 aliphatic rings. The summed E-state index contributed by atoms with van der Waals surface area (Å²) in [6.07, 6.45) is 3.08. The Kier molecular flexibility index (Phi) is 4.03. The average molecular weight is 339 g/mol. The van der Waals surface area contributed by atoms with Crippen molar-refractivity contribution >= 4 is 10.0 Å². The Balaban J connectivity index is 1.89. The van der Waals surface area contributed by atoms with Gasteiger partial charge in [0.15, 0.2) is 0 Å². The van der Waals surface area contributed by atoms with Gasteiger partial charge in [-0.15, -0.1) is 0 Å². The number of rotatable bonds is 3. The Morgan fingerprint density at radius 3 is 2.57 bits per heavy atom. The van der Waals surface area contributed by atoms with Crippen LogP contribution in [0.2, 0.25) is 0 Å². The highest BCUT2D eigenvalue weighted by Gasteiger charge is 2.34. The summed E-state index contributed by atoms with van der Waals surface area (Å²) in [5.41, 5.74) is 1.39. The molecule has 0 saturated carbocycles. The number of aryl methyl sites for hydroxylation is 4. The van der Waals surface area contributed by atoms with E-state index >= 15 is 0 Å². The summed E-state index contributed by atoms with van der Waals surface area (Å²) in [6.45, 7) is 4.53. The molecule has 8 nitrogen and oxygen atoms in total. The normalized spacial score (nSPS) is 20.1. The van der Waals surface area contributed by atoms with E-state index in [4.69, 9.17) is 4.74 Å². The van der Waals surface area contributed by atoms with Gasteiger partial charge in [-0.1, -0.05) is 0 Å². The third-order valence-electron chi connectivity index (χ3n) is 3.94. The molecule has 3 heterocycles. The molecule has 9 heteroatoms. The zero-order chi connectivity index (χ0) is 16.8. The molecule has 0 aliphatic carbocycles. The van der Waals surface area contributed by atoms with E-state index < -0.39 is 10.0 Å². The Morgan fingerprint density at radius 2 is 2.00 bits per heavy atom. The molecule has 1 fully saturated rings. The standard InChI is InChI=1S/C14H21N5O3S/c1-10-7-17(3)14(15-10)12-8-19(5-6-22-12)23(20,21)13-9-18(4)16-11(13)2/h7,9,12H,5-6,8H2,1-4H3/t12-/m0/s1. The third-order valence-corrected chi connectivity index (χ3v) is 5.90. The van der Waals surface area contributed by atoms with Gasteiger partial charge in [-0.05, 0) is 13.8 Å². The molecule has 0 spiro atoms. The van der Waals surface area contributed by atoms with Crippen LogP contribution >= 0.6 is 0 Å². The van der Waals surface area contributed by atoms with E-state index in [-0.39, 0.29) is 17.5 Å². The lowest BCUT2D eigenvalue weighted by Gasteiger charge is -2.31. The van der Waals surface area contributed by atoms with Gasteiger partial charge >= 0.3 is 0 Å². The summed E-state index contributed by atoms with van der Waals surface area (Å²) in [6, 6.07) is 0. The summed E-state index contributed by atoms with van der Waals surface area (Å²) in [7, 11) is 0.0135. The number of morpholine rings is 1. The lowest BCUT2D eigenvalue weighted by molar-refractivity contribution is -0.00894. The SMILES string of the molecule is Cc1cn(C)c([C@@H]2CN(S(=O)(=O)c3cn(C)nc3C)CCO2)n1. The van der Waals surface area contributed by atoms with Gasteiger partial charge in [-0.25, -0.2) is 13.4 Å². The molecular formula is C14H21N5O3S. The first kappa shape index (κ1) is 16.2. The predicted octanol–water partition coefficient (Wildman–Crippen LogP) is 0.533. The summed E-state index contributed by atoms with van der Waals surface area (Å²) in [5.74, 6) is 0.741. The third kappa shape index (κ3) is 2.91. The Labute approximate surface area is 135 Å². The Bertz CT molecular complexity index is 824. The zero-order valence-corrected chi connectivity index (χ0v) is 14.5. The highest BCUT2D eigenvalue weighted by Crippen LogP contribution is 2.26. The first-order valence-corrected chi connectivity index (χ1v) is 8.85. The van der Waals surface area contributed by atoms with Gasteiger partial charge in [0, 0.05) is 39.6 Å². The number of sulfonamides is 1. The van der Waals surface area contributed by atoms with Crippen LogP contribution in [-0.2, 0) is 28.9 Å². The van der Waals surface area contributed by atoms with Gasteiger partial charge in [0.2, 0.25) is 10.0 Å². The van der Waals surface area contributed by atoms with Crippen molar-refractivity contribution in [2.24, 2.45) is 14.1 Å². The monoisotopic (exact) mass is 339 g/mol. The van der Waals surface area contributed by atoms with Gasteiger partial charge in [-0.3, -0.25) is 4.68 Å². The van der Waals surface area contributed by atoms with Crippen LogP contribution < -0.4 is 0 Å². The topological polar surface area (TPSA) is 82.2 Å². The number of aromatic nitrogens is 4. The molecule has 23 heavy (non-hydrogen) atoms. The summed E-state index contributed by atoms with van der Waals surface area (Å²) >= 11 is 0. The van der Waals surface area contributed by atoms with Crippen LogP contribution in [0.15, 0.2) is 17.3 Å². The summed E-state index contributed by atoms with van der Waals surface area (Å²) < 4.78 is 36.4. The highest BCUT2D eigenvalue weighted by atomic mass is 32.2. The van der Waals surface area contributed by atoms with Crippen LogP contribution in [0.5, 0.6) is 0 Å². The molecule has 0 bridgehead atoms. The summed E-state index contributed by atoms with van der Waals surface area (Å²) in [5, 5.41) is 4.13. The molecule has 0 unspecified atom stereocenters. The average Bonchev–Trinajstić information content (AvgIpc) is 3.00. The van der Waals surface area contributed by atoms with Gasteiger partial charge in [0.05, 0.1) is 18.0 Å². The fourth-order valence-electron chi connectivity index (χ4n) is 2.90. The largest absolute Gasteiger partial charge is 0.368 e. The smallest absolute Gasteiger partial charge is 0.246 e. The first-order chi connectivity index (χ1) is 10.8. The second-order valence-electron chi connectivity index (χ2n) is 5.83. The fraction of sp³-hybridized carbons (Fsp3) is 0.571. The molecule has 1 saturated heterocycles. The highest BCUT2D eigenvalue weighted by molar-refractivity contribution is 7.89. The van der Waals surface area contributed by atoms with E-state index in [1.807, 2.05) is 24.7 Å². The van der Waals surface area contributed by atoms with Crippen molar-refractivity contribution in [2.75, 3.05) is 19.7 Å². The molecular weight excluding hydrogens is 318 g/mol. The van der Waals surface area contributed by atoms with Crippen molar-refractivity contribution in [3.05, 3.63) is 29.6 Å². The fourth-order valence-corrected chi connectivity index (χ4v) is 4.53. The minimum Gasteiger partial charge on any atom is -0.368 e. The molecule has 0 radical (unpaired) electrons. The van der Waals surface area contributed by atoms with Crippen molar-refractivity contribution in [3.8, 4) is 0 Å². The number of nitrogens with zero attached hydrogens (tertiary/aromatic N) is 5. The minimum absolute atomic E-state index is 0.247. The number of hydrogen-bond donors (Lipinski definition) is 0. The van der Waals surface area contributed by atoms with Crippen molar-refractivity contribution < 1.29 is 13.2 Å². The lowest BCUT2D eigenvalue weighted by Crippen LogP contribution is -2.42. The molecule has 1 aliphatic heterocycles. The molecule has 1 atom stereocenters. The van der Waals surface area contributed by atoms with Crippen LogP contribution in [0.1, 0.15) is 23.3 Å². The van der Waals surface area contributed by atoms with Gasteiger partial charge in [-0.2, -0.15) is 9.40 Å². The van der Waals surface area contributed by atoms with Crippen LogP contribution in [0.3, 0.4) is 0 Å². The maximum absolute atomic E-state index is 12.9. The maximum Gasteiger partial charge on any atom is 0.246 e. The van der Waals surface area contributed by atoms with Crippen molar-refractivity contribution in [2.45, 2.75) is 24.8 Å². The number of imidazole rings is 1.